The molecule has 0 aromatic heterocycles. The molecule has 5 heteroatoms. The normalized spacial score (nSPS) is 12.5. The molecule has 0 saturated carbocycles. The third-order valence-electron chi connectivity index (χ3n) is 2.85. The fourth-order valence-electron chi connectivity index (χ4n) is 1.81. The molecule has 2 rings (SSSR count). The van der Waals surface area contributed by atoms with Gasteiger partial charge in [0.1, 0.15) is 17.7 Å². The number of hydrogen-bond donors (Lipinski definition) is 1. The zero-order valence-corrected chi connectivity index (χ0v) is 11.4. The zero-order valence-electron chi connectivity index (χ0n) is 9.92. The number of hydrogen-bond acceptors (Lipinski definition) is 1. The van der Waals surface area contributed by atoms with E-state index < -0.39 is 23.3 Å². The molecule has 0 aliphatic heterocycles. The van der Waals surface area contributed by atoms with Gasteiger partial charge in [0.05, 0.1) is 5.56 Å². The van der Waals surface area contributed by atoms with E-state index in [2.05, 4.69) is 0 Å². The summed E-state index contributed by atoms with van der Waals surface area (Å²) >= 11 is 11.7. The molecule has 1 atom stereocenters. The standard InChI is InChI=1S/C14H10Cl2F2O/c1-7-2-5-11(17)12(13(7)18)14(19)9-6-8(15)3-4-10(9)16/h2-6,14,19H,1H3. The van der Waals surface area contributed by atoms with Crippen LogP contribution in [0.15, 0.2) is 30.3 Å². The fraction of sp³-hybridized carbons (Fsp3) is 0.143. The average Bonchev–Trinajstić information content (AvgIpc) is 2.37. The second kappa shape index (κ2) is 5.45. The van der Waals surface area contributed by atoms with Crippen LogP contribution < -0.4 is 0 Å². The topological polar surface area (TPSA) is 20.2 Å². The van der Waals surface area contributed by atoms with Crippen molar-refractivity contribution < 1.29 is 13.9 Å². The summed E-state index contributed by atoms with van der Waals surface area (Å²) in [4.78, 5) is 0. The Labute approximate surface area is 119 Å². The highest BCUT2D eigenvalue weighted by Gasteiger charge is 2.23. The number of rotatable bonds is 2. The number of benzene rings is 2. The van der Waals surface area contributed by atoms with E-state index in [1.54, 1.807) is 0 Å². The molecule has 0 aliphatic rings. The number of aryl methyl sites for hydroxylation is 1. The van der Waals surface area contributed by atoms with E-state index >= 15 is 0 Å². The van der Waals surface area contributed by atoms with Crippen molar-refractivity contribution in [1.29, 1.82) is 0 Å². The highest BCUT2D eigenvalue weighted by atomic mass is 35.5. The maximum atomic E-state index is 14.0. The summed E-state index contributed by atoms with van der Waals surface area (Å²) in [5.41, 5.74) is -0.0182. The lowest BCUT2D eigenvalue weighted by Crippen LogP contribution is -2.07. The van der Waals surface area contributed by atoms with Crippen LogP contribution in [0.4, 0.5) is 8.78 Å². The minimum atomic E-state index is -1.51. The van der Waals surface area contributed by atoms with Gasteiger partial charge in [0, 0.05) is 15.6 Å². The molecular formula is C14H10Cl2F2O. The maximum absolute atomic E-state index is 14.0. The van der Waals surface area contributed by atoms with Gasteiger partial charge in [-0.25, -0.2) is 8.78 Å². The van der Waals surface area contributed by atoms with Crippen LogP contribution in [-0.2, 0) is 0 Å². The Morgan fingerprint density at radius 1 is 1.11 bits per heavy atom. The minimum absolute atomic E-state index is 0.164. The summed E-state index contributed by atoms with van der Waals surface area (Å²) in [5, 5.41) is 10.7. The fourth-order valence-corrected chi connectivity index (χ4v) is 2.21. The van der Waals surface area contributed by atoms with Crippen LogP contribution in [0, 0.1) is 18.6 Å². The molecule has 0 spiro atoms. The second-order valence-electron chi connectivity index (χ2n) is 4.16. The number of halogens is 4. The third kappa shape index (κ3) is 2.73. The van der Waals surface area contributed by atoms with E-state index in [0.29, 0.717) is 5.02 Å². The Kier molecular flexibility index (Phi) is 4.09. The molecule has 0 radical (unpaired) electrons. The van der Waals surface area contributed by atoms with Crippen molar-refractivity contribution in [3.05, 3.63) is 68.7 Å². The molecule has 0 aliphatic carbocycles. The summed E-state index contributed by atoms with van der Waals surface area (Å²) < 4.78 is 27.7. The molecule has 100 valence electrons. The highest BCUT2D eigenvalue weighted by molar-refractivity contribution is 6.33. The molecule has 19 heavy (non-hydrogen) atoms. The first-order valence-electron chi connectivity index (χ1n) is 5.49. The second-order valence-corrected chi connectivity index (χ2v) is 5.00. The van der Waals surface area contributed by atoms with Crippen molar-refractivity contribution >= 4 is 23.2 Å². The van der Waals surface area contributed by atoms with E-state index in [1.165, 1.54) is 31.2 Å². The van der Waals surface area contributed by atoms with Crippen LogP contribution in [0.2, 0.25) is 10.0 Å². The largest absolute Gasteiger partial charge is 0.383 e. The SMILES string of the molecule is Cc1ccc(F)c(C(O)c2cc(Cl)ccc2Cl)c1F. The van der Waals surface area contributed by atoms with Gasteiger partial charge in [0.2, 0.25) is 0 Å². The van der Waals surface area contributed by atoms with Gasteiger partial charge in [-0.15, -0.1) is 0 Å². The van der Waals surface area contributed by atoms with E-state index in [0.717, 1.165) is 6.07 Å². The predicted octanol–water partition coefficient (Wildman–Crippen LogP) is 4.66. The molecule has 2 aromatic carbocycles. The number of aliphatic hydroxyl groups is 1. The van der Waals surface area contributed by atoms with E-state index in [4.69, 9.17) is 23.2 Å². The monoisotopic (exact) mass is 302 g/mol. The molecule has 0 bridgehead atoms. The first-order valence-corrected chi connectivity index (χ1v) is 6.25. The lowest BCUT2D eigenvalue weighted by molar-refractivity contribution is 0.209. The average molecular weight is 303 g/mol. The molecule has 0 saturated heterocycles. The zero-order chi connectivity index (χ0) is 14.2. The van der Waals surface area contributed by atoms with Crippen LogP contribution >= 0.6 is 23.2 Å². The number of aliphatic hydroxyl groups excluding tert-OH is 1. The maximum Gasteiger partial charge on any atom is 0.135 e. The molecule has 1 nitrogen and oxygen atoms in total. The van der Waals surface area contributed by atoms with Gasteiger partial charge >= 0.3 is 0 Å². The molecule has 1 unspecified atom stereocenters. The Morgan fingerprint density at radius 2 is 1.79 bits per heavy atom. The van der Waals surface area contributed by atoms with Gasteiger partial charge in [-0.2, -0.15) is 0 Å². The first-order chi connectivity index (χ1) is 8.91. The summed E-state index contributed by atoms with van der Waals surface area (Å²) in [6, 6.07) is 6.79. The Morgan fingerprint density at radius 3 is 2.47 bits per heavy atom. The third-order valence-corrected chi connectivity index (χ3v) is 3.43. The van der Waals surface area contributed by atoms with Crippen molar-refractivity contribution in [2.75, 3.05) is 0 Å². The van der Waals surface area contributed by atoms with Crippen molar-refractivity contribution in [2.24, 2.45) is 0 Å². The first kappa shape index (κ1) is 14.3. The van der Waals surface area contributed by atoms with Gasteiger partial charge in [-0.3, -0.25) is 0 Å². The minimum Gasteiger partial charge on any atom is -0.383 e. The molecule has 1 N–H and O–H groups in total. The van der Waals surface area contributed by atoms with Crippen LogP contribution in [0.1, 0.15) is 22.8 Å². The van der Waals surface area contributed by atoms with Crippen LogP contribution in [0.25, 0.3) is 0 Å². The Hall–Kier alpha value is -1.16. The molecule has 0 fully saturated rings. The summed E-state index contributed by atoms with van der Waals surface area (Å²) in [5.74, 6) is -1.62. The summed E-state index contributed by atoms with van der Waals surface area (Å²) in [7, 11) is 0. The summed E-state index contributed by atoms with van der Waals surface area (Å²) in [6.45, 7) is 1.49. The van der Waals surface area contributed by atoms with E-state index in [1.807, 2.05) is 0 Å². The van der Waals surface area contributed by atoms with Gasteiger partial charge in [-0.1, -0.05) is 29.3 Å². The van der Waals surface area contributed by atoms with Crippen LogP contribution in [-0.4, -0.2) is 5.11 Å². The van der Waals surface area contributed by atoms with Crippen molar-refractivity contribution in [3.63, 3.8) is 0 Å². The van der Waals surface area contributed by atoms with E-state index in [9.17, 15) is 13.9 Å². The van der Waals surface area contributed by atoms with Gasteiger partial charge in [0.15, 0.2) is 0 Å². The lowest BCUT2D eigenvalue weighted by atomic mass is 9.98. The van der Waals surface area contributed by atoms with E-state index in [-0.39, 0.29) is 16.1 Å². The highest BCUT2D eigenvalue weighted by Crippen LogP contribution is 2.33. The summed E-state index contributed by atoms with van der Waals surface area (Å²) in [6.07, 6.45) is -1.51. The smallest absolute Gasteiger partial charge is 0.135 e. The van der Waals surface area contributed by atoms with Crippen LogP contribution in [0.5, 0.6) is 0 Å². The van der Waals surface area contributed by atoms with Crippen molar-refractivity contribution in [2.45, 2.75) is 13.0 Å². The van der Waals surface area contributed by atoms with Gasteiger partial charge in [0.25, 0.3) is 0 Å². The predicted molar refractivity (Wildman–Crippen MR) is 71.6 cm³/mol. The molecular weight excluding hydrogens is 293 g/mol. The Balaban J connectivity index is 2.59. The van der Waals surface area contributed by atoms with Crippen molar-refractivity contribution in [3.8, 4) is 0 Å². The molecule has 0 amide bonds. The van der Waals surface area contributed by atoms with Gasteiger partial charge in [-0.05, 0) is 36.8 Å². The lowest BCUT2D eigenvalue weighted by Gasteiger charge is -2.16. The van der Waals surface area contributed by atoms with Crippen LogP contribution in [0.3, 0.4) is 0 Å². The molecule has 0 heterocycles. The van der Waals surface area contributed by atoms with Gasteiger partial charge < -0.3 is 5.11 Å². The van der Waals surface area contributed by atoms with Crippen molar-refractivity contribution in [1.82, 2.24) is 0 Å². The Bertz CT molecular complexity index is 629. The quantitative estimate of drug-likeness (QED) is 0.855. The molecule has 2 aromatic rings.